The zero-order valence-electron chi connectivity index (χ0n) is 24.9. The molecule has 234 valence electrons. The number of hydrogen-bond acceptors (Lipinski definition) is 8. The highest BCUT2D eigenvalue weighted by Crippen LogP contribution is 2.43. The maximum absolute atomic E-state index is 14.2. The maximum Gasteiger partial charge on any atom is 0.306 e. The molecule has 1 heterocycles. The van der Waals surface area contributed by atoms with Crippen LogP contribution < -0.4 is 15.6 Å². The Morgan fingerprint density at radius 2 is 1.77 bits per heavy atom. The lowest BCUT2D eigenvalue weighted by molar-refractivity contribution is -0.155. The first-order valence-corrected chi connectivity index (χ1v) is 14.4. The van der Waals surface area contributed by atoms with Crippen LogP contribution in [0.15, 0.2) is 77.8 Å². The molecule has 1 amide bonds. The highest BCUT2D eigenvalue weighted by atomic mass is 19.1. The van der Waals surface area contributed by atoms with Gasteiger partial charge in [-0.25, -0.2) is 19.2 Å². The summed E-state index contributed by atoms with van der Waals surface area (Å²) >= 11 is 0. The molecule has 0 radical (unpaired) electrons. The molecule has 0 bridgehead atoms. The minimum atomic E-state index is -1.63. The van der Waals surface area contributed by atoms with Gasteiger partial charge in [0.05, 0.1) is 6.61 Å². The number of aliphatic hydroxyl groups excluding tert-OH is 1. The number of amides is 1. The fourth-order valence-electron chi connectivity index (χ4n) is 4.68. The Morgan fingerprint density at radius 1 is 1.05 bits per heavy atom. The normalized spacial score (nSPS) is 17.9. The topological polar surface area (TPSA) is 118 Å². The summed E-state index contributed by atoms with van der Waals surface area (Å²) in [7, 11) is 0. The van der Waals surface area contributed by atoms with Gasteiger partial charge in [-0.15, -0.1) is 0 Å². The lowest BCUT2D eigenvalue weighted by Crippen LogP contribution is -2.52. The van der Waals surface area contributed by atoms with E-state index in [4.69, 9.17) is 24.3 Å². The molecule has 0 aliphatic carbocycles. The Balaban J connectivity index is 1.66. The average molecular weight is 610 g/mol. The summed E-state index contributed by atoms with van der Waals surface area (Å²) in [6, 6.07) is 19.2. The van der Waals surface area contributed by atoms with E-state index in [1.54, 1.807) is 69.3 Å². The van der Waals surface area contributed by atoms with Gasteiger partial charge >= 0.3 is 5.97 Å². The van der Waals surface area contributed by atoms with Crippen molar-refractivity contribution in [1.29, 1.82) is 0 Å². The Bertz CT molecular complexity index is 1460. The van der Waals surface area contributed by atoms with Crippen molar-refractivity contribution >= 4 is 17.8 Å². The van der Waals surface area contributed by atoms with E-state index in [1.807, 2.05) is 6.07 Å². The van der Waals surface area contributed by atoms with Gasteiger partial charge in [-0.2, -0.15) is 0 Å². The lowest BCUT2D eigenvalue weighted by atomic mass is 9.83. The van der Waals surface area contributed by atoms with E-state index in [0.717, 1.165) is 12.1 Å². The van der Waals surface area contributed by atoms with Crippen molar-refractivity contribution in [2.75, 3.05) is 13.2 Å². The molecular formula is C33H37F2N3O6. The number of esters is 1. The molecule has 1 aliphatic heterocycles. The van der Waals surface area contributed by atoms with E-state index in [1.165, 1.54) is 6.07 Å². The third kappa shape index (κ3) is 8.39. The molecule has 0 fully saturated rings. The van der Waals surface area contributed by atoms with E-state index < -0.39 is 40.8 Å². The number of hydrazine groups is 1. The van der Waals surface area contributed by atoms with Gasteiger partial charge in [0.2, 0.25) is 5.90 Å². The van der Waals surface area contributed by atoms with Crippen molar-refractivity contribution in [3.05, 3.63) is 101 Å². The quantitative estimate of drug-likeness (QED) is 0.143. The Labute approximate surface area is 255 Å². The number of nitrogens with zero attached hydrogens (tertiary/aromatic N) is 1. The standard InChI is InChI=1S/C33H37F2N3O6/c1-32(2,3)44-28(40)16-17-33(31(41)38-36-21-24-10-13-25(34)20-27(24)35)29(22-8-5-4-6-9-22)43-30(37-33)23-11-14-26(15-12-23)42-19-7-18-39/h4-6,8-15,20,29,36,39H,7,16-19,21H2,1-3H3,(H,38,41)/t29-,33-/m0/s1. The van der Waals surface area contributed by atoms with Gasteiger partial charge in [0, 0.05) is 43.2 Å². The molecule has 0 saturated carbocycles. The first kappa shape index (κ1) is 32.6. The Morgan fingerprint density at radius 3 is 2.43 bits per heavy atom. The van der Waals surface area contributed by atoms with E-state index >= 15 is 0 Å². The van der Waals surface area contributed by atoms with Crippen molar-refractivity contribution in [3.8, 4) is 5.75 Å². The molecule has 11 heteroatoms. The van der Waals surface area contributed by atoms with Gasteiger partial charge < -0.3 is 19.3 Å². The van der Waals surface area contributed by atoms with E-state index in [2.05, 4.69) is 10.9 Å². The third-order valence-electron chi connectivity index (χ3n) is 6.76. The lowest BCUT2D eigenvalue weighted by Gasteiger charge is -2.31. The van der Waals surface area contributed by atoms with Crippen molar-refractivity contribution < 1.29 is 37.7 Å². The first-order valence-electron chi connectivity index (χ1n) is 14.4. The number of benzene rings is 3. The molecule has 4 rings (SSSR count). The summed E-state index contributed by atoms with van der Waals surface area (Å²) in [5.41, 5.74) is 4.33. The van der Waals surface area contributed by atoms with Gasteiger partial charge in [0.1, 0.15) is 23.0 Å². The smallest absolute Gasteiger partial charge is 0.306 e. The molecule has 0 saturated heterocycles. The second-order valence-corrected chi connectivity index (χ2v) is 11.3. The number of rotatable bonds is 13. The van der Waals surface area contributed by atoms with Crippen LogP contribution in [0.25, 0.3) is 0 Å². The van der Waals surface area contributed by atoms with Crippen LogP contribution >= 0.6 is 0 Å². The van der Waals surface area contributed by atoms with Crippen LogP contribution in [0, 0.1) is 11.6 Å². The van der Waals surface area contributed by atoms with E-state index in [9.17, 15) is 18.4 Å². The number of carbonyl (C=O) groups is 2. The summed E-state index contributed by atoms with van der Waals surface area (Å²) in [6.07, 6.45) is -0.636. The molecule has 0 unspecified atom stereocenters. The molecular weight excluding hydrogens is 572 g/mol. The van der Waals surface area contributed by atoms with Crippen LogP contribution in [0.1, 0.15) is 62.8 Å². The number of hydrogen-bond donors (Lipinski definition) is 3. The van der Waals surface area contributed by atoms with Gasteiger partial charge in [-0.1, -0.05) is 36.4 Å². The first-order chi connectivity index (χ1) is 21.0. The second kappa shape index (κ2) is 14.4. The number of ether oxygens (including phenoxy) is 3. The highest BCUT2D eigenvalue weighted by molar-refractivity contribution is 6.01. The molecule has 9 nitrogen and oxygen atoms in total. The molecule has 44 heavy (non-hydrogen) atoms. The van der Waals surface area contributed by atoms with Gasteiger partial charge in [0.15, 0.2) is 11.6 Å². The van der Waals surface area contributed by atoms with Crippen molar-refractivity contribution in [3.63, 3.8) is 0 Å². The average Bonchev–Trinajstić information content (AvgIpc) is 3.38. The molecule has 2 atom stereocenters. The Kier molecular flexibility index (Phi) is 10.7. The zero-order valence-corrected chi connectivity index (χ0v) is 24.9. The summed E-state index contributed by atoms with van der Waals surface area (Å²) < 4.78 is 45.1. The summed E-state index contributed by atoms with van der Waals surface area (Å²) in [5, 5.41) is 9.00. The number of carbonyl (C=O) groups excluding carboxylic acids is 2. The maximum atomic E-state index is 14.2. The third-order valence-corrected chi connectivity index (χ3v) is 6.76. The molecule has 1 aliphatic rings. The fourth-order valence-corrected chi connectivity index (χ4v) is 4.68. The van der Waals surface area contributed by atoms with Crippen LogP contribution in [-0.2, 0) is 25.6 Å². The van der Waals surface area contributed by atoms with Crippen LogP contribution in [0.4, 0.5) is 8.78 Å². The van der Waals surface area contributed by atoms with Crippen LogP contribution in [-0.4, -0.2) is 47.2 Å². The summed E-state index contributed by atoms with van der Waals surface area (Å²) in [6.45, 7) is 5.50. The minimum Gasteiger partial charge on any atom is -0.494 e. The number of nitrogens with one attached hydrogen (secondary N) is 2. The van der Waals surface area contributed by atoms with E-state index in [-0.39, 0.29) is 37.5 Å². The van der Waals surface area contributed by atoms with Crippen molar-refractivity contribution in [1.82, 2.24) is 10.9 Å². The summed E-state index contributed by atoms with van der Waals surface area (Å²) in [4.78, 5) is 31.7. The van der Waals surface area contributed by atoms with Crippen LogP contribution in [0.5, 0.6) is 5.75 Å². The molecule has 3 aromatic rings. The minimum absolute atomic E-state index is 0.0186. The number of aliphatic imine (C=N–C) groups is 1. The monoisotopic (exact) mass is 609 g/mol. The highest BCUT2D eigenvalue weighted by Gasteiger charge is 2.53. The fraction of sp³-hybridized carbons (Fsp3) is 0.364. The van der Waals surface area contributed by atoms with Crippen LogP contribution in [0.3, 0.4) is 0 Å². The predicted octanol–water partition coefficient (Wildman–Crippen LogP) is 4.93. The molecule has 0 aromatic heterocycles. The number of halogens is 2. The van der Waals surface area contributed by atoms with Gasteiger partial charge in [0.25, 0.3) is 5.91 Å². The number of aliphatic hydroxyl groups is 1. The molecule has 3 aromatic carbocycles. The predicted molar refractivity (Wildman–Crippen MR) is 160 cm³/mol. The van der Waals surface area contributed by atoms with Crippen LogP contribution in [0.2, 0.25) is 0 Å². The SMILES string of the molecule is CC(C)(C)OC(=O)CC[C@]1(C(=O)NNCc2ccc(F)cc2F)N=C(c2ccc(OCCCO)cc2)O[C@H]1c1ccccc1. The largest absolute Gasteiger partial charge is 0.494 e. The zero-order chi connectivity index (χ0) is 31.7. The molecule has 3 N–H and O–H groups in total. The Hall–Kier alpha value is -4.35. The second-order valence-electron chi connectivity index (χ2n) is 11.3. The molecule has 0 spiro atoms. The van der Waals surface area contributed by atoms with Crippen molar-refractivity contribution in [2.45, 2.75) is 63.8 Å². The summed E-state index contributed by atoms with van der Waals surface area (Å²) in [5.74, 6) is -1.82. The van der Waals surface area contributed by atoms with Crippen molar-refractivity contribution in [2.24, 2.45) is 4.99 Å². The van der Waals surface area contributed by atoms with Gasteiger partial charge in [-0.3, -0.25) is 15.0 Å². The van der Waals surface area contributed by atoms with E-state index in [0.29, 0.717) is 29.9 Å². The van der Waals surface area contributed by atoms with Gasteiger partial charge in [-0.05, 0) is 63.1 Å².